The van der Waals surface area contributed by atoms with Crippen LogP contribution in [0, 0.1) is 0 Å². The van der Waals surface area contributed by atoms with Crippen LogP contribution in [-0.2, 0) is 16.1 Å². The largest absolute Gasteiger partial charge is 0.494 e. The number of nitrogens with zero attached hydrogens (tertiary/aromatic N) is 1. The van der Waals surface area contributed by atoms with E-state index in [0.717, 1.165) is 38.5 Å². The van der Waals surface area contributed by atoms with E-state index in [-0.39, 0.29) is 17.9 Å². The van der Waals surface area contributed by atoms with Crippen LogP contribution < -0.4 is 19.4 Å². The van der Waals surface area contributed by atoms with E-state index in [1.165, 1.54) is 15.4 Å². The molecular formula is C23H29N3O3+2. The number of amides is 2. The zero-order chi connectivity index (χ0) is 20.2. The maximum Gasteiger partial charge on any atom is 0.292 e. The first kappa shape index (κ1) is 19.6. The molecule has 0 radical (unpaired) electrons. The molecule has 2 aromatic carbocycles. The first-order valence-electron chi connectivity index (χ1n) is 10.5. The normalized spacial score (nSPS) is 24.7. The summed E-state index contributed by atoms with van der Waals surface area (Å²) < 4.78 is 5.45. The monoisotopic (exact) mass is 395 g/mol. The van der Waals surface area contributed by atoms with E-state index < -0.39 is 0 Å². The molecule has 6 nitrogen and oxygen atoms in total. The minimum Gasteiger partial charge on any atom is -0.494 e. The van der Waals surface area contributed by atoms with Crippen molar-refractivity contribution in [2.45, 2.75) is 25.9 Å². The number of imide groups is 1. The van der Waals surface area contributed by atoms with Crippen molar-refractivity contribution >= 4 is 17.5 Å². The van der Waals surface area contributed by atoms with Crippen LogP contribution in [0.1, 0.15) is 18.9 Å². The molecule has 152 valence electrons. The van der Waals surface area contributed by atoms with E-state index in [1.807, 2.05) is 25.1 Å². The number of carbonyl (C=O) groups is 2. The fourth-order valence-corrected chi connectivity index (χ4v) is 4.41. The molecule has 2 heterocycles. The highest BCUT2D eigenvalue weighted by Crippen LogP contribution is 2.24. The Morgan fingerprint density at radius 2 is 1.66 bits per heavy atom. The van der Waals surface area contributed by atoms with Crippen molar-refractivity contribution in [1.82, 2.24) is 0 Å². The fourth-order valence-electron chi connectivity index (χ4n) is 4.41. The van der Waals surface area contributed by atoms with Crippen molar-refractivity contribution < 1.29 is 24.1 Å². The summed E-state index contributed by atoms with van der Waals surface area (Å²) in [5.41, 5.74) is 1.98. The number of hydrogen-bond donors (Lipinski definition) is 2. The highest BCUT2D eigenvalue weighted by Gasteiger charge is 2.46. The van der Waals surface area contributed by atoms with Gasteiger partial charge in [-0.15, -0.1) is 0 Å². The van der Waals surface area contributed by atoms with Gasteiger partial charge in [0.15, 0.2) is 6.04 Å². The lowest BCUT2D eigenvalue weighted by atomic mass is 10.1. The van der Waals surface area contributed by atoms with E-state index in [1.54, 1.807) is 17.0 Å². The van der Waals surface area contributed by atoms with Crippen molar-refractivity contribution in [2.75, 3.05) is 37.7 Å². The molecule has 29 heavy (non-hydrogen) atoms. The summed E-state index contributed by atoms with van der Waals surface area (Å²) in [4.78, 5) is 29.8. The maximum atomic E-state index is 13.0. The SMILES string of the molecule is CCOc1ccc(N2C(=O)C[C@@H]([NH+]3CC[NH+](Cc4ccccc4)CC3)C2=O)cc1. The van der Waals surface area contributed by atoms with Crippen molar-refractivity contribution in [3.8, 4) is 5.75 Å². The van der Waals surface area contributed by atoms with Gasteiger partial charge in [0, 0.05) is 5.56 Å². The Labute approximate surface area is 171 Å². The number of hydrogen-bond acceptors (Lipinski definition) is 3. The van der Waals surface area contributed by atoms with Gasteiger partial charge in [-0.1, -0.05) is 30.3 Å². The number of piperazine rings is 1. The van der Waals surface area contributed by atoms with E-state index in [4.69, 9.17) is 4.74 Å². The lowest BCUT2D eigenvalue weighted by molar-refractivity contribution is -1.02. The molecule has 0 bridgehead atoms. The Balaban J connectivity index is 1.36. The molecule has 0 spiro atoms. The summed E-state index contributed by atoms with van der Waals surface area (Å²) in [6, 6.07) is 17.5. The number of benzene rings is 2. The third kappa shape index (κ3) is 4.33. The predicted octanol–water partition coefficient (Wildman–Crippen LogP) is -0.299. The van der Waals surface area contributed by atoms with Crippen LogP contribution in [0.2, 0.25) is 0 Å². The van der Waals surface area contributed by atoms with Gasteiger partial charge in [0.05, 0.1) is 18.7 Å². The molecule has 4 rings (SSSR count). The summed E-state index contributed by atoms with van der Waals surface area (Å²) in [6.45, 7) is 7.41. The fraction of sp³-hybridized carbons (Fsp3) is 0.391. The summed E-state index contributed by atoms with van der Waals surface area (Å²) >= 11 is 0. The molecule has 0 aliphatic carbocycles. The third-order valence-corrected chi connectivity index (χ3v) is 5.94. The average molecular weight is 396 g/mol. The van der Waals surface area contributed by atoms with Crippen molar-refractivity contribution in [1.29, 1.82) is 0 Å². The molecule has 6 heteroatoms. The first-order chi connectivity index (χ1) is 14.2. The molecule has 2 aliphatic heterocycles. The molecular weight excluding hydrogens is 366 g/mol. The second kappa shape index (κ2) is 8.76. The van der Waals surface area contributed by atoms with Gasteiger partial charge < -0.3 is 14.5 Å². The van der Waals surface area contributed by atoms with Gasteiger partial charge in [-0.05, 0) is 31.2 Å². The topological polar surface area (TPSA) is 55.5 Å². The Bertz CT molecular complexity index is 845. The molecule has 0 saturated carbocycles. The highest BCUT2D eigenvalue weighted by atomic mass is 16.5. The number of nitrogens with one attached hydrogen (secondary N) is 2. The molecule has 2 amide bonds. The molecule has 2 aliphatic rings. The molecule has 0 unspecified atom stereocenters. The smallest absolute Gasteiger partial charge is 0.292 e. The number of quaternary nitrogens is 2. The lowest BCUT2D eigenvalue weighted by Gasteiger charge is -2.32. The molecule has 2 aromatic rings. The Hall–Kier alpha value is -2.70. The summed E-state index contributed by atoms with van der Waals surface area (Å²) in [7, 11) is 0. The van der Waals surface area contributed by atoms with Crippen molar-refractivity contribution in [2.24, 2.45) is 0 Å². The molecule has 1 atom stereocenters. The minimum atomic E-state index is -0.257. The van der Waals surface area contributed by atoms with Crippen LogP contribution >= 0.6 is 0 Å². The molecule has 2 N–H and O–H groups in total. The number of carbonyl (C=O) groups excluding carboxylic acids is 2. The second-order valence-corrected chi connectivity index (χ2v) is 7.82. The Morgan fingerprint density at radius 3 is 2.31 bits per heavy atom. The standard InChI is InChI=1S/C23H27N3O3/c1-2-29-20-10-8-19(9-11-20)26-22(27)16-21(23(26)28)25-14-12-24(13-15-25)17-18-6-4-3-5-7-18/h3-11,21H,2,12-17H2,1H3/p+2/t21-/m1/s1. The summed E-state index contributed by atoms with van der Waals surface area (Å²) in [5, 5.41) is 0. The van der Waals surface area contributed by atoms with Gasteiger partial charge in [-0.2, -0.15) is 0 Å². The summed E-state index contributed by atoms with van der Waals surface area (Å²) in [5.74, 6) is 0.575. The van der Waals surface area contributed by atoms with E-state index >= 15 is 0 Å². The zero-order valence-electron chi connectivity index (χ0n) is 16.9. The van der Waals surface area contributed by atoms with Gasteiger partial charge in [0.2, 0.25) is 5.91 Å². The molecule has 2 fully saturated rings. The second-order valence-electron chi connectivity index (χ2n) is 7.82. The Morgan fingerprint density at radius 1 is 0.966 bits per heavy atom. The number of ether oxygens (including phenoxy) is 1. The predicted molar refractivity (Wildman–Crippen MR) is 110 cm³/mol. The van der Waals surface area contributed by atoms with E-state index in [9.17, 15) is 9.59 Å². The third-order valence-electron chi connectivity index (χ3n) is 5.94. The molecule has 2 saturated heterocycles. The van der Waals surface area contributed by atoms with Gasteiger partial charge in [0.1, 0.15) is 38.5 Å². The van der Waals surface area contributed by atoms with E-state index in [0.29, 0.717) is 18.7 Å². The van der Waals surface area contributed by atoms with Crippen LogP contribution in [0.15, 0.2) is 54.6 Å². The van der Waals surface area contributed by atoms with Crippen LogP contribution in [0.3, 0.4) is 0 Å². The van der Waals surface area contributed by atoms with Crippen molar-refractivity contribution in [3.63, 3.8) is 0 Å². The number of rotatable bonds is 6. The zero-order valence-corrected chi connectivity index (χ0v) is 16.9. The van der Waals surface area contributed by atoms with Crippen molar-refractivity contribution in [3.05, 3.63) is 60.2 Å². The van der Waals surface area contributed by atoms with Gasteiger partial charge >= 0.3 is 0 Å². The van der Waals surface area contributed by atoms with Gasteiger partial charge in [0.25, 0.3) is 5.91 Å². The Kier molecular flexibility index (Phi) is 5.92. The highest BCUT2D eigenvalue weighted by molar-refractivity contribution is 6.21. The summed E-state index contributed by atoms with van der Waals surface area (Å²) in [6.07, 6.45) is 0.301. The lowest BCUT2D eigenvalue weighted by Crippen LogP contribution is -3.29. The van der Waals surface area contributed by atoms with Crippen LogP contribution in [0.4, 0.5) is 5.69 Å². The average Bonchev–Trinajstić information content (AvgIpc) is 3.04. The van der Waals surface area contributed by atoms with Crippen LogP contribution in [-0.4, -0.2) is 50.6 Å². The maximum absolute atomic E-state index is 13.0. The number of anilines is 1. The van der Waals surface area contributed by atoms with Crippen LogP contribution in [0.25, 0.3) is 0 Å². The van der Waals surface area contributed by atoms with Gasteiger partial charge in [-0.3, -0.25) is 9.59 Å². The minimum absolute atomic E-state index is 0.0688. The van der Waals surface area contributed by atoms with Gasteiger partial charge in [-0.25, -0.2) is 4.90 Å². The first-order valence-corrected chi connectivity index (χ1v) is 10.5. The van der Waals surface area contributed by atoms with E-state index in [2.05, 4.69) is 24.3 Å². The van der Waals surface area contributed by atoms with Crippen LogP contribution in [0.5, 0.6) is 5.75 Å². The molecule has 0 aromatic heterocycles. The quantitative estimate of drug-likeness (QED) is 0.661.